The molecule has 1 N–H and O–H groups in total. The molecule has 6 nitrogen and oxygen atoms in total. The summed E-state index contributed by atoms with van der Waals surface area (Å²) in [6.45, 7) is 7.33. The average Bonchev–Trinajstić information content (AvgIpc) is 2.86. The molecule has 34 heavy (non-hydrogen) atoms. The predicted molar refractivity (Wildman–Crippen MR) is 137 cm³/mol. The van der Waals surface area contributed by atoms with Gasteiger partial charge in [-0.2, -0.15) is 0 Å². The minimum atomic E-state index is 0.0181. The second-order valence-electron chi connectivity index (χ2n) is 8.13. The molecule has 1 heterocycles. The van der Waals surface area contributed by atoms with Crippen LogP contribution in [0.15, 0.2) is 60.7 Å². The summed E-state index contributed by atoms with van der Waals surface area (Å²) in [5.74, 6) is 2.74. The van der Waals surface area contributed by atoms with Gasteiger partial charge in [-0.15, -0.1) is 0 Å². The van der Waals surface area contributed by atoms with E-state index in [2.05, 4.69) is 65.8 Å². The van der Waals surface area contributed by atoms with Crippen LogP contribution in [0.25, 0.3) is 22.0 Å². The summed E-state index contributed by atoms with van der Waals surface area (Å²) in [7, 11) is 3.25. The highest BCUT2D eigenvalue weighted by Gasteiger charge is 2.15. The van der Waals surface area contributed by atoms with Crippen LogP contribution in [0.3, 0.4) is 0 Å². The van der Waals surface area contributed by atoms with Crippen molar-refractivity contribution in [2.45, 2.75) is 33.4 Å². The summed E-state index contributed by atoms with van der Waals surface area (Å²) in [6.07, 6.45) is 0. The maximum atomic E-state index is 5.68. The van der Waals surface area contributed by atoms with Crippen molar-refractivity contribution < 1.29 is 14.2 Å². The van der Waals surface area contributed by atoms with Crippen molar-refractivity contribution in [2.24, 2.45) is 0 Å². The van der Waals surface area contributed by atoms with E-state index in [0.717, 1.165) is 27.8 Å². The van der Waals surface area contributed by atoms with Gasteiger partial charge >= 0.3 is 0 Å². The third-order valence-electron chi connectivity index (χ3n) is 5.84. The highest BCUT2D eigenvalue weighted by Crippen LogP contribution is 2.35. The third-order valence-corrected chi connectivity index (χ3v) is 5.84. The van der Waals surface area contributed by atoms with Gasteiger partial charge in [0.05, 0.1) is 26.3 Å². The first-order chi connectivity index (χ1) is 16.5. The van der Waals surface area contributed by atoms with Crippen LogP contribution in [0.2, 0.25) is 0 Å². The number of aromatic nitrogens is 2. The van der Waals surface area contributed by atoms with Gasteiger partial charge in [-0.1, -0.05) is 42.5 Å². The van der Waals surface area contributed by atoms with Gasteiger partial charge in [0, 0.05) is 24.1 Å². The number of nitrogens with one attached hydrogen (secondary N) is 1. The molecular formula is C28H31N3O3. The molecule has 0 saturated carbocycles. The number of benzene rings is 3. The second kappa shape index (κ2) is 10.5. The smallest absolute Gasteiger partial charge is 0.162 e. The zero-order chi connectivity index (χ0) is 24.1. The zero-order valence-corrected chi connectivity index (χ0v) is 20.4. The Labute approximate surface area is 200 Å². The second-order valence-corrected chi connectivity index (χ2v) is 8.13. The lowest BCUT2D eigenvalue weighted by Gasteiger charge is -2.19. The lowest BCUT2D eigenvalue weighted by Crippen LogP contribution is -2.10. The fourth-order valence-electron chi connectivity index (χ4n) is 4.09. The summed E-state index contributed by atoms with van der Waals surface area (Å²) in [4.78, 5) is 9.28. The van der Waals surface area contributed by atoms with E-state index in [1.165, 1.54) is 11.1 Å². The number of hydrogen-bond acceptors (Lipinski definition) is 6. The Morgan fingerprint density at radius 1 is 0.912 bits per heavy atom. The van der Waals surface area contributed by atoms with Gasteiger partial charge < -0.3 is 19.5 Å². The van der Waals surface area contributed by atoms with Crippen molar-refractivity contribution in [1.82, 2.24) is 9.97 Å². The number of ether oxygens (including phenoxy) is 3. The average molecular weight is 458 g/mol. The molecule has 0 bridgehead atoms. The molecule has 176 valence electrons. The summed E-state index contributed by atoms with van der Waals surface area (Å²) in [5.41, 5.74) is 5.49. The minimum absolute atomic E-state index is 0.0181. The Bertz CT molecular complexity index is 1290. The fraction of sp³-hybridized carbons (Fsp3) is 0.286. The molecule has 4 rings (SSSR count). The normalized spacial score (nSPS) is 11.9. The first kappa shape index (κ1) is 23.5. The van der Waals surface area contributed by atoms with Gasteiger partial charge in [-0.3, -0.25) is 0 Å². The predicted octanol–water partition coefficient (Wildman–Crippen LogP) is 6.33. The molecule has 0 fully saturated rings. The molecular weight excluding hydrogens is 426 g/mol. The molecule has 3 aromatic carbocycles. The van der Waals surface area contributed by atoms with Crippen LogP contribution in [0.1, 0.15) is 36.8 Å². The van der Waals surface area contributed by atoms with Gasteiger partial charge in [0.1, 0.15) is 11.6 Å². The Hall–Kier alpha value is -3.64. The molecule has 1 atom stereocenters. The van der Waals surface area contributed by atoms with E-state index in [1.807, 2.05) is 26.0 Å². The SMILES string of the molecule is CCOCc1ccccc1-c1cccc(C(C)Nc2nc(C)nc3cc(OC)c(OC)cc23)c1. The standard InChI is InChI=1S/C28H31N3O3/c1-6-34-17-22-10-7-8-13-23(22)21-12-9-11-20(14-21)18(2)29-28-24-15-26(32-4)27(33-5)16-25(24)30-19(3)31-28/h7-16,18H,6,17H2,1-5H3,(H,29,30,31). The number of nitrogens with zero attached hydrogens (tertiary/aromatic N) is 2. The van der Waals surface area contributed by atoms with Gasteiger partial charge in [-0.25, -0.2) is 9.97 Å². The number of hydrogen-bond donors (Lipinski definition) is 1. The van der Waals surface area contributed by atoms with Crippen molar-refractivity contribution in [2.75, 3.05) is 26.1 Å². The highest BCUT2D eigenvalue weighted by atomic mass is 16.5. The van der Waals surface area contributed by atoms with Crippen LogP contribution < -0.4 is 14.8 Å². The molecule has 0 aliphatic rings. The largest absolute Gasteiger partial charge is 0.493 e. The van der Waals surface area contributed by atoms with Crippen molar-refractivity contribution in [3.05, 3.63) is 77.6 Å². The van der Waals surface area contributed by atoms with Crippen LogP contribution >= 0.6 is 0 Å². The van der Waals surface area contributed by atoms with E-state index in [9.17, 15) is 0 Å². The fourth-order valence-corrected chi connectivity index (χ4v) is 4.09. The first-order valence-electron chi connectivity index (χ1n) is 11.5. The molecule has 1 aromatic heterocycles. The van der Waals surface area contributed by atoms with Crippen LogP contribution in [-0.4, -0.2) is 30.8 Å². The molecule has 4 aromatic rings. The van der Waals surface area contributed by atoms with E-state index in [-0.39, 0.29) is 6.04 Å². The van der Waals surface area contributed by atoms with E-state index < -0.39 is 0 Å². The molecule has 0 saturated heterocycles. The summed E-state index contributed by atoms with van der Waals surface area (Å²) in [5, 5.41) is 4.47. The van der Waals surface area contributed by atoms with Gasteiger partial charge in [0.25, 0.3) is 0 Å². The van der Waals surface area contributed by atoms with Gasteiger partial charge in [0.2, 0.25) is 0 Å². The van der Waals surface area contributed by atoms with E-state index >= 15 is 0 Å². The number of rotatable bonds is 9. The first-order valence-corrected chi connectivity index (χ1v) is 11.5. The van der Waals surface area contributed by atoms with Crippen molar-refractivity contribution in [3.8, 4) is 22.6 Å². The van der Waals surface area contributed by atoms with Crippen molar-refractivity contribution >= 4 is 16.7 Å². The molecule has 1 unspecified atom stereocenters. The van der Waals surface area contributed by atoms with E-state index in [0.29, 0.717) is 30.5 Å². The van der Waals surface area contributed by atoms with Gasteiger partial charge in [-0.05, 0) is 55.2 Å². The van der Waals surface area contributed by atoms with E-state index in [4.69, 9.17) is 19.2 Å². The van der Waals surface area contributed by atoms with Crippen LogP contribution in [0, 0.1) is 6.92 Å². The molecule has 0 radical (unpaired) electrons. The summed E-state index contributed by atoms with van der Waals surface area (Å²) in [6, 6.07) is 20.8. The summed E-state index contributed by atoms with van der Waals surface area (Å²) >= 11 is 0. The quantitative estimate of drug-likeness (QED) is 0.317. The molecule has 0 aliphatic heterocycles. The lowest BCUT2D eigenvalue weighted by molar-refractivity contribution is 0.134. The number of aryl methyl sites for hydroxylation is 1. The maximum Gasteiger partial charge on any atom is 0.162 e. The number of fused-ring (bicyclic) bond motifs is 1. The number of anilines is 1. The third kappa shape index (κ3) is 4.97. The van der Waals surface area contributed by atoms with Gasteiger partial charge in [0.15, 0.2) is 11.5 Å². The van der Waals surface area contributed by atoms with Crippen molar-refractivity contribution in [3.63, 3.8) is 0 Å². The van der Waals surface area contributed by atoms with Crippen LogP contribution in [0.5, 0.6) is 11.5 Å². The summed E-state index contributed by atoms with van der Waals surface area (Å²) < 4.78 is 16.6. The maximum absolute atomic E-state index is 5.68. The van der Waals surface area contributed by atoms with Crippen molar-refractivity contribution in [1.29, 1.82) is 0 Å². The topological polar surface area (TPSA) is 65.5 Å². The Balaban J connectivity index is 1.67. The lowest BCUT2D eigenvalue weighted by atomic mass is 9.96. The Kier molecular flexibility index (Phi) is 7.28. The number of methoxy groups -OCH3 is 2. The monoisotopic (exact) mass is 457 g/mol. The van der Waals surface area contributed by atoms with Crippen LogP contribution in [0.4, 0.5) is 5.82 Å². The van der Waals surface area contributed by atoms with E-state index in [1.54, 1.807) is 14.2 Å². The molecule has 0 spiro atoms. The molecule has 0 aliphatic carbocycles. The highest BCUT2D eigenvalue weighted by molar-refractivity contribution is 5.92. The zero-order valence-electron chi connectivity index (χ0n) is 20.4. The molecule has 6 heteroatoms. The van der Waals surface area contributed by atoms with Crippen LogP contribution in [-0.2, 0) is 11.3 Å². The Morgan fingerprint density at radius 3 is 2.44 bits per heavy atom. The Morgan fingerprint density at radius 2 is 1.68 bits per heavy atom. The molecule has 0 amide bonds. The minimum Gasteiger partial charge on any atom is -0.493 e.